The lowest BCUT2D eigenvalue weighted by Crippen LogP contribution is -2.49. The fourth-order valence-electron chi connectivity index (χ4n) is 2.49. The van der Waals surface area contributed by atoms with Crippen LogP contribution in [0.1, 0.15) is 39.5 Å². The lowest BCUT2D eigenvalue weighted by Gasteiger charge is -2.38. The Labute approximate surface area is 95.6 Å². The third-order valence-electron chi connectivity index (χ3n) is 3.95. The van der Waals surface area contributed by atoms with Gasteiger partial charge in [0.25, 0.3) is 0 Å². The number of aliphatic carboxylic acids is 1. The smallest absolute Gasteiger partial charge is 0.319 e. The lowest BCUT2D eigenvalue weighted by molar-refractivity contribution is -0.155. The molecule has 0 spiro atoms. The second-order valence-corrected chi connectivity index (χ2v) is 5.38. The number of hydrogen-bond acceptors (Lipinski definition) is 2. The topological polar surface area (TPSA) is 57.6 Å². The first-order chi connectivity index (χ1) is 7.47. The van der Waals surface area contributed by atoms with Crippen LogP contribution in [0.4, 0.5) is 0 Å². The van der Waals surface area contributed by atoms with E-state index in [1.54, 1.807) is 4.90 Å². The van der Waals surface area contributed by atoms with Gasteiger partial charge in [-0.2, -0.15) is 0 Å². The highest BCUT2D eigenvalue weighted by molar-refractivity contribution is 6.04. The van der Waals surface area contributed by atoms with E-state index in [4.69, 9.17) is 5.11 Å². The van der Waals surface area contributed by atoms with Gasteiger partial charge in [0.05, 0.1) is 0 Å². The molecule has 0 radical (unpaired) electrons. The molecule has 16 heavy (non-hydrogen) atoms. The van der Waals surface area contributed by atoms with E-state index in [0.717, 1.165) is 19.4 Å². The zero-order valence-corrected chi connectivity index (χ0v) is 9.90. The van der Waals surface area contributed by atoms with Crippen LogP contribution in [0.2, 0.25) is 0 Å². The molecule has 2 fully saturated rings. The molecule has 0 bridgehead atoms. The summed E-state index contributed by atoms with van der Waals surface area (Å²) in [5.41, 5.74) is -1.06. The molecule has 2 atom stereocenters. The second-order valence-electron chi connectivity index (χ2n) is 5.38. The number of piperidine rings is 1. The molecule has 1 saturated heterocycles. The van der Waals surface area contributed by atoms with Gasteiger partial charge in [0, 0.05) is 12.6 Å². The van der Waals surface area contributed by atoms with Gasteiger partial charge in [-0.15, -0.1) is 0 Å². The summed E-state index contributed by atoms with van der Waals surface area (Å²) >= 11 is 0. The average Bonchev–Trinajstić information content (AvgIpc) is 3.01. The van der Waals surface area contributed by atoms with Crippen LogP contribution in [0.15, 0.2) is 0 Å². The largest absolute Gasteiger partial charge is 0.480 e. The van der Waals surface area contributed by atoms with Gasteiger partial charge in [0.1, 0.15) is 5.41 Å². The molecule has 4 nitrogen and oxygen atoms in total. The highest BCUT2D eigenvalue weighted by Crippen LogP contribution is 2.48. The first-order valence-electron chi connectivity index (χ1n) is 6.02. The fourth-order valence-corrected chi connectivity index (χ4v) is 2.49. The van der Waals surface area contributed by atoms with Gasteiger partial charge in [-0.25, -0.2) is 0 Å². The van der Waals surface area contributed by atoms with E-state index < -0.39 is 11.4 Å². The number of amides is 1. The highest BCUT2D eigenvalue weighted by atomic mass is 16.4. The third kappa shape index (κ3) is 1.70. The van der Waals surface area contributed by atoms with Crippen LogP contribution in [0.5, 0.6) is 0 Å². The van der Waals surface area contributed by atoms with Crippen LogP contribution < -0.4 is 0 Å². The number of rotatable bonds is 2. The van der Waals surface area contributed by atoms with E-state index in [1.165, 1.54) is 0 Å². The Balaban J connectivity index is 2.12. The van der Waals surface area contributed by atoms with E-state index in [1.807, 2.05) is 6.92 Å². The number of carbonyl (C=O) groups excluding carboxylic acids is 1. The molecular formula is C12H19NO3. The van der Waals surface area contributed by atoms with Gasteiger partial charge in [0.15, 0.2) is 0 Å². The maximum Gasteiger partial charge on any atom is 0.319 e. The zero-order chi connectivity index (χ0) is 11.9. The Kier molecular flexibility index (Phi) is 2.68. The number of carboxylic acids is 1. The predicted octanol–water partition coefficient (Wildman–Crippen LogP) is 1.50. The van der Waals surface area contributed by atoms with Crippen molar-refractivity contribution in [1.29, 1.82) is 0 Å². The normalized spacial score (nSPS) is 32.2. The first kappa shape index (κ1) is 11.4. The van der Waals surface area contributed by atoms with Crippen LogP contribution in [0, 0.1) is 11.3 Å². The van der Waals surface area contributed by atoms with Crippen molar-refractivity contribution in [1.82, 2.24) is 4.90 Å². The molecule has 1 amide bonds. The summed E-state index contributed by atoms with van der Waals surface area (Å²) in [5.74, 6) is -0.605. The Bertz CT molecular complexity index is 322. The van der Waals surface area contributed by atoms with E-state index in [9.17, 15) is 9.59 Å². The summed E-state index contributed by atoms with van der Waals surface area (Å²) in [6.07, 6.45) is 3.14. The summed E-state index contributed by atoms with van der Waals surface area (Å²) < 4.78 is 0. The average molecular weight is 225 g/mol. The van der Waals surface area contributed by atoms with Crippen molar-refractivity contribution in [2.45, 2.75) is 45.6 Å². The third-order valence-corrected chi connectivity index (χ3v) is 3.95. The number of hydrogen-bond donors (Lipinski definition) is 1. The maximum atomic E-state index is 12.2. The standard InChI is InChI=1S/C12H19NO3/c1-8-3-4-9(2)13(7-8)10(14)12(5-6-12)11(15)16/h8-9H,3-7H2,1-2H3,(H,15,16). The molecule has 4 heteroatoms. The molecule has 1 saturated carbocycles. The van der Waals surface area contributed by atoms with Crippen LogP contribution in [0.25, 0.3) is 0 Å². The van der Waals surface area contributed by atoms with Gasteiger partial charge >= 0.3 is 5.97 Å². The van der Waals surface area contributed by atoms with Gasteiger partial charge in [-0.3, -0.25) is 9.59 Å². The van der Waals surface area contributed by atoms with E-state index in [0.29, 0.717) is 18.8 Å². The quantitative estimate of drug-likeness (QED) is 0.724. The predicted molar refractivity (Wildman–Crippen MR) is 58.9 cm³/mol. The van der Waals surface area contributed by atoms with Crippen LogP contribution >= 0.6 is 0 Å². The molecular weight excluding hydrogens is 206 g/mol. The minimum atomic E-state index is -1.06. The number of likely N-dealkylation sites (tertiary alicyclic amines) is 1. The van der Waals surface area contributed by atoms with Crippen LogP contribution in [-0.2, 0) is 9.59 Å². The van der Waals surface area contributed by atoms with Crippen molar-refractivity contribution in [3.8, 4) is 0 Å². The van der Waals surface area contributed by atoms with Crippen molar-refractivity contribution in [2.75, 3.05) is 6.54 Å². The van der Waals surface area contributed by atoms with Crippen molar-refractivity contribution in [3.05, 3.63) is 0 Å². The Morgan fingerprint density at radius 2 is 1.88 bits per heavy atom. The SMILES string of the molecule is CC1CCC(C)N(C(=O)C2(C(=O)O)CC2)C1. The van der Waals surface area contributed by atoms with E-state index >= 15 is 0 Å². The summed E-state index contributed by atoms with van der Waals surface area (Å²) in [5, 5.41) is 9.11. The minimum Gasteiger partial charge on any atom is -0.480 e. The molecule has 2 unspecified atom stereocenters. The highest BCUT2D eigenvalue weighted by Gasteiger charge is 2.59. The molecule has 1 aliphatic heterocycles. The van der Waals surface area contributed by atoms with Crippen LogP contribution in [0.3, 0.4) is 0 Å². The summed E-state index contributed by atoms with van der Waals surface area (Å²) in [4.78, 5) is 25.1. The molecule has 1 N–H and O–H groups in total. The monoisotopic (exact) mass is 225 g/mol. The molecule has 0 aromatic carbocycles. The van der Waals surface area contributed by atoms with E-state index in [2.05, 4.69) is 6.92 Å². The summed E-state index contributed by atoms with van der Waals surface area (Å²) in [6.45, 7) is 4.85. The number of nitrogens with zero attached hydrogens (tertiary/aromatic N) is 1. The number of carboxylic acid groups (broad SMARTS) is 1. The number of carbonyl (C=O) groups is 2. The van der Waals surface area contributed by atoms with Crippen molar-refractivity contribution in [3.63, 3.8) is 0 Å². The van der Waals surface area contributed by atoms with Crippen molar-refractivity contribution in [2.24, 2.45) is 11.3 Å². The zero-order valence-electron chi connectivity index (χ0n) is 9.90. The molecule has 1 heterocycles. The van der Waals surface area contributed by atoms with E-state index in [-0.39, 0.29) is 11.9 Å². The first-order valence-corrected chi connectivity index (χ1v) is 6.02. The lowest BCUT2D eigenvalue weighted by atomic mass is 9.93. The Morgan fingerprint density at radius 3 is 2.38 bits per heavy atom. The molecule has 0 aromatic heterocycles. The molecule has 2 rings (SSSR count). The van der Waals surface area contributed by atoms with Gasteiger partial charge < -0.3 is 10.0 Å². The van der Waals surface area contributed by atoms with Crippen molar-refractivity contribution < 1.29 is 14.7 Å². The van der Waals surface area contributed by atoms with Crippen LogP contribution in [-0.4, -0.2) is 34.5 Å². The Hall–Kier alpha value is -1.06. The maximum absolute atomic E-state index is 12.2. The molecule has 2 aliphatic rings. The summed E-state index contributed by atoms with van der Waals surface area (Å²) in [6, 6.07) is 0.195. The van der Waals surface area contributed by atoms with Gasteiger partial charge in [0.2, 0.25) is 5.91 Å². The van der Waals surface area contributed by atoms with Gasteiger partial charge in [-0.1, -0.05) is 6.92 Å². The summed E-state index contributed by atoms with van der Waals surface area (Å²) in [7, 11) is 0. The van der Waals surface area contributed by atoms with Crippen molar-refractivity contribution >= 4 is 11.9 Å². The van der Waals surface area contributed by atoms with Gasteiger partial charge in [-0.05, 0) is 38.5 Å². The Morgan fingerprint density at radius 1 is 1.25 bits per heavy atom. The molecule has 0 aromatic rings. The minimum absolute atomic E-state index is 0.154. The second kappa shape index (κ2) is 3.75. The fraction of sp³-hybridized carbons (Fsp3) is 0.833. The molecule has 90 valence electrons. The molecule has 1 aliphatic carbocycles.